The minimum atomic E-state index is -3.55. The zero-order valence-corrected chi connectivity index (χ0v) is 14.2. The third-order valence-corrected chi connectivity index (χ3v) is 5.72. The first-order chi connectivity index (χ1) is 10.4. The summed E-state index contributed by atoms with van der Waals surface area (Å²) in [5.74, 6) is 0.379. The van der Waals surface area contributed by atoms with Gasteiger partial charge in [0.15, 0.2) is 0 Å². The molecule has 6 nitrogen and oxygen atoms in total. The third-order valence-electron chi connectivity index (χ3n) is 3.84. The van der Waals surface area contributed by atoms with Crippen molar-refractivity contribution in [2.75, 3.05) is 53.6 Å². The molecule has 0 amide bonds. The molecular formula is C15H24N2O4S. The molecular weight excluding hydrogens is 304 g/mol. The van der Waals surface area contributed by atoms with Crippen molar-refractivity contribution in [3.63, 3.8) is 0 Å². The summed E-state index contributed by atoms with van der Waals surface area (Å²) < 4.78 is 37.4. The monoisotopic (exact) mass is 328 g/mol. The predicted octanol–water partition coefficient (Wildman–Crippen LogP) is 0.956. The van der Waals surface area contributed by atoms with Crippen LogP contribution in [0, 0.1) is 6.92 Å². The maximum absolute atomic E-state index is 12.7. The number of aryl methyl sites for hydroxylation is 1. The normalized spacial score (nSPS) is 16.9. The van der Waals surface area contributed by atoms with Crippen LogP contribution >= 0.6 is 0 Å². The molecule has 0 aromatic heterocycles. The van der Waals surface area contributed by atoms with Gasteiger partial charge in [0.05, 0.1) is 20.3 Å². The number of rotatable bonds is 6. The van der Waals surface area contributed by atoms with Crippen LogP contribution in [-0.2, 0) is 14.8 Å². The smallest absolute Gasteiger partial charge is 0.246 e. The lowest BCUT2D eigenvalue weighted by Gasteiger charge is -2.28. The summed E-state index contributed by atoms with van der Waals surface area (Å²) in [5.41, 5.74) is 0.890. The molecule has 1 aromatic carbocycles. The number of hydrogen-bond donors (Lipinski definition) is 0. The summed E-state index contributed by atoms with van der Waals surface area (Å²) in [4.78, 5) is 2.43. The van der Waals surface area contributed by atoms with E-state index < -0.39 is 10.0 Å². The second kappa shape index (κ2) is 7.41. The Morgan fingerprint density at radius 1 is 1.32 bits per heavy atom. The van der Waals surface area contributed by atoms with Gasteiger partial charge in [-0.1, -0.05) is 6.07 Å². The minimum Gasteiger partial charge on any atom is -0.495 e. The van der Waals surface area contributed by atoms with Gasteiger partial charge in [-0.3, -0.25) is 4.90 Å². The van der Waals surface area contributed by atoms with Gasteiger partial charge in [-0.2, -0.15) is 4.31 Å². The lowest BCUT2D eigenvalue weighted by molar-refractivity contribution is 0.0368. The highest BCUT2D eigenvalue weighted by Gasteiger charge is 2.25. The van der Waals surface area contributed by atoms with E-state index in [1.807, 2.05) is 13.0 Å². The van der Waals surface area contributed by atoms with Crippen LogP contribution in [0.5, 0.6) is 5.75 Å². The van der Waals surface area contributed by atoms with Crippen LogP contribution in [0.25, 0.3) is 0 Å². The average molecular weight is 328 g/mol. The summed E-state index contributed by atoms with van der Waals surface area (Å²) in [5, 5.41) is 0. The van der Waals surface area contributed by atoms with Gasteiger partial charge in [-0.25, -0.2) is 8.42 Å². The van der Waals surface area contributed by atoms with Crippen molar-refractivity contribution in [1.82, 2.24) is 9.21 Å². The maximum Gasteiger partial charge on any atom is 0.246 e. The highest BCUT2D eigenvalue weighted by Crippen LogP contribution is 2.27. The van der Waals surface area contributed by atoms with E-state index in [1.54, 1.807) is 19.2 Å². The number of benzene rings is 1. The molecule has 1 saturated heterocycles. The third kappa shape index (κ3) is 3.98. The summed E-state index contributed by atoms with van der Waals surface area (Å²) in [6.45, 7) is 6.13. The van der Waals surface area contributed by atoms with Crippen molar-refractivity contribution < 1.29 is 17.9 Å². The molecule has 0 unspecified atom stereocenters. The van der Waals surface area contributed by atoms with E-state index in [1.165, 1.54) is 11.4 Å². The predicted molar refractivity (Wildman–Crippen MR) is 84.8 cm³/mol. The van der Waals surface area contributed by atoms with Crippen molar-refractivity contribution in [2.24, 2.45) is 0 Å². The van der Waals surface area contributed by atoms with Gasteiger partial charge in [-0.15, -0.1) is 0 Å². The molecule has 1 fully saturated rings. The molecule has 0 saturated carbocycles. The number of nitrogens with zero attached hydrogens (tertiary/aromatic N) is 2. The Morgan fingerprint density at radius 2 is 2.00 bits per heavy atom. The van der Waals surface area contributed by atoms with Crippen LogP contribution in [0.4, 0.5) is 0 Å². The molecule has 1 heterocycles. The molecule has 1 aromatic rings. The molecule has 7 heteroatoms. The Labute approximate surface area is 132 Å². The SMILES string of the molecule is COc1ccc(C)cc1S(=O)(=O)N(C)CCN1CCOCC1. The first-order valence-corrected chi connectivity index (χ1v) is 8.80. The summed E-state index contributed by atoms with van der Waals surface area (Å²) in [7, 11) is -0.462. The van der Waals surface area contributed by atoms with Crippen LogP contribution in [0.15, 0.2) is 23.1 Å². The average Bonchev–Trinajstić information content (AvgIpc) is 2.53. The number of likely N-dealkylation sites (N-methyl/N-ethyl adjacent to an activating group) is 1. The van der Waals surface area contributed by atoms with Gasteiger partial charge in [-0.05, 0) is 24.6 Å². The van der Waals surface area contributed by atoms with E-state index in [-0.39, 0.29) is 4.90 Å². The van der Waals surface area contributed by atoms with Crippen LogP contribution in [0.1, 0.15) is 5.56 Å². The van der Waals surface area contributed by atoms with Crippen LogP contribution < -0.4 is 4.74 Å². The molecule has 124 valence electrons. The van der Waals surface area contributed by atoms with E-state index in [2.05, 4.69) is 4.90 Å². The van der Waals surface area contributed by atoms with E-state index in [0.29, 0.717) is 32.1 Å². The molecule has 22 heavy (non-hydrogen) atoms. The highest BCUT2D eigenvalue weighted by atomic mass is 32.2. The zero-order chi connectivity index (χ0) is 16.2. The standard InChI is InChI=1S/C15H24N2O4S/c1-13-4-5-14(20-3)15(12-13)22(18,19)16(2)6-7-17-8-10-21-11-9-17/h4-5,12H,6-11H2,1-3H3. The first-order valence-electron chi connectivity index (χ1n) is 7.36. The molecule has 0 aliphatic carbocycles. The van der Waals surface area contributed by atoms with Crippen molar-refractivity contribution >= 4 is 10.0 Å². The van der Waals surface area contributed by atoms with E-state index >= 15 is 0 Å². The lowest BCUT2D eigenvalue weighted by Crippen LogP contribution is -2.41. The van der Waals surface area contributed by atoms with Gasteiger partial charge in [0.2, 0.25) is 10.0 Å². The van der Waals surface area contributed by atoms with E-state index in [4.69, 9.17) is 9.47 Å². The molecule has 0 radical (unpaired) electrons. The van der Waals surface area contributed by atoms with Gasteiger partial charge >= 0.3 is 0 Å². The molecule has 1 aliphatic heterocycles. The Kier molecular flexibility index (Phi) is 5.80. The van der Waals surface area contributed by atoms with Crippen molar-refractivity contribution in [1.29, 1.82) is 0 Å². The Bertz CT molecular complexity index is 598. The molecule has 0 atom stereocenters. The van der Waals surface area contributed by atoms with Crippen LogP contribution in [0.3, 0.4) is 0 Å². The van der Waals surface area contributed by atoms with Gasteiger partial charge in [0.1, 0.15) is 10.6 Å². The number of ether oxygens (including phenoxy) is 2. The molecule has 0 spiro atoms. The van der Waals surface area contributed by atoms with E-state index in [0.717, 1.165) is 18.7 Å². The first kappa shape index (κ1) is 17.2. The fraction of sp³-hybridized carbons (Fsp3) is 0.600. The number of methoxy groups -OCH3 is 1. The fourth-order valence-corrected chi connectivity index (χ4v) is 3.78. The zero-order valence-electron chi connectivity index (χ0n) is 13.4. The minimum absolute atomic E-state index is 0.222. The van der Waals surface area contributed by atoms with Gasteiger partial charge in [0, 0.05) is 33.2 Å². The van der Waals surface area contributed by atoms with Crippen molar-refractivity contribution in [3.8, 4) is 5.75 Å². The summed E-state index contributed by atoms with van der Waals surface area (Å²) in [6.07, 6.45) is 0. The number of morpholine rings is 1. The fourth-order valence-electron chi connectivity index (χ4n) is 2.38. The Balaban J connectivity index is 2.10. The Hall–Kier alpha value is -1.15. The second-order valence-corrected chi connectivity index (χ2v) is 7.45. The van der Waals surface area contributed by atoms with Gasteiger partial charge in [0.25, 0.3) is 0 Å². The van der Waals surface area contributed by atoms with Crippen molar-refractivity contribution in [3.05, 3.63) is 23.8 Å². The number of sulfonamides is 1. The molecule has 0 N–H and O–H groups in total. The maximum atomic E-state index is 12.7. The summed E-state index contributed by atoms with van der Waals surface area (Å²) in [6, 6.07) is 5.18. The quantitative estimate of drug-likeness (QED) is 0.778. The lowest BCUT2D eigenvalue weighted by atomic mass is 10.2. The van der Waals surface area contributed by atoms with Crippen molar-refractivity contribution in [2.45, 2.75) is 11.8 Å². The topological polar surface area (TPSA) is 59.1 Å². The number of hydrogen-bond acceptors (Lipinski definition) is 5. The van der Waals surface area contributed by atoms with Crippen LogP contribution in [0.2, 0.25) is 0 Å². The molecule has 0 bridgehead atoms. The molecule has 2 rings (SSSR count). The van der Waals surface area contributed by atoms with E-state index in [9.17, 15) is 8.42 Å². The van der Waals surface area contributed by atoms with Crippen LogP contribution in [-0.4, -0.2) is 71.2 Å². The Morgan fingerprint density at radius 3 is 2.64 bits per heavy atom. The largest absolute Gasteiger partial charge is 0.495 e. The molecule has 1 aliphatic rings. The second-order valence-electron chi connectivity index (χ2n) is 5.43. The van der Waals surface area contributed by atoms with Gasteiger partial charge < -0.3 is 9.47 Å². The highest BCUT2D eigenvalue weighted by molar-refractivity contribution is 7.89. The summed E-state index contributed by atoms with van der Waals surface area (Å²) >= 11 is 0.